The van der Waals surface area contributed by atoms with E-state index in [2.05, 4.69) is 10.6 Å². The zero-order valence-corrected chi connectivity index (χ0v) is 12.0. The Kier molecular flexibility index (Phi) is 4.99. The average Bonchev–Trinajstić information content (AvgIpc) is 2.46. The van der Waals surface area contributed by atoms with Crippen LogP contribution in [0.1, 0.15) is 5.56 Å². The molecule has 0 aliphatic carbocycles. The molecule has 0 aromatic heterocycles. The number of nitrogens with zero attached hydrogens (tertiary/aromatic N) is 1. The van der Waals surface area contributed by atoms with Crippen LogP contribution in [0.5, 0.6) is 0 Å². The van der Waals surface area contributed by atoms with Crippen molar-refractivity contribution in [2.45, 2.75) is 0 Å². The molecule has 1 heterocycles. The van der Waals surface area contributed by atoms with Gasteiger partial charge >= 0.3 is 0 Å². The minimum absolute atomic E-state index is 0.125. The summed E-state index contributed by atoms with van der Waals surface area (Å²) in [6.45, 7) is 1.20. The molecule has 0 bridgehead atoms. The van der Waals surface area contributed by atoms with Crippen LogP contribution in [0.15, 0.2) is 30.3 Å². The van der Waals surface area contributed by atoms with Crippen LogP contribution in [0, 0.1) is 5.82 Å². The summed E-state index contributed by atoms with van der Waals surface area (Å²) in [6.07, 6.45) is 2.86. The molecular weight excluding hydrogens is 293 g/mol. The number of carbonyl (C=O) groups is 2. The maximum absolute atomic E-state index is 12.7. The molecule has 1 aromatic rings. The van der Waals surface area contributed by atoms with Gasteiger partial charge in [0.15, 0.2) is 5.11 Å². The summed E-state index contributed by atoms with van der Waals surface area (Å²) < 4.78 is 12.7. The molecule has 2 rings (SSSR count). The zero-order chi connectivity index (χ0) is 15.2. The van der Waals surface area contributed by atoms with Crippen LogP contribution >= 0.6 is 12.2 Å². The summed E-state index contributed by atoms with van der Waals surface area (Å²) in [5.41, 5.74) is 0.704. The van der Waals surface area contributed by atoms with E-state index in [1.807, 2.05) is 0 Å². The van der Waals surface area contributed by atoms with Gasteiger partial charge in [0.05, 0.1) is 6.54 Å². The smallest absolute Gasteiger partial charge is 0.250 e. The number of carbonyl (C=O) groups excluding carboxylic acids is 2. The molecule has 7 heteroatoms. The monoisotopic (exact) mass is 307 g/mol. The van der Waals surface area contributed by atoms with Gasteiger partial charge in [-0.1, -0.05) is 12.1 Å². The lowest BCUT2D eigenvalue weighted by Gasteiger charge is -2.28. The van der Waals surface area contributed by atoms with E-state index >= 15 is 0 Å². The molecule has 110 valence electrons. The average molecular weight is 307 g/mol. The molecular formula is C14H14FN3O2S. The number of hydrogen-bond acceptors (Lipinski definition) is 3. The number of nitrogens with one attached hydrogen (secondary N) is 2. The molecule has 5 nitrogen and oxygen atoms in total. The third-order valence-corrected chi connectivity index (χ3v) is 3.21. The van der Waals surface area contributed by atoms with Gasteiger partial charge in [0, 0.05) is 19.2 Å². The number of hydrogen-bond donors (Lipinski definition) is 2. The number of benzene rings is 1. The highest BCUT2D eigenvalue weighted by atomic mass is 32.1. The molecule has 0 atom stereocenters. The Balaban J connectivity index is 1.87. The van der Waals surface area contributed by atoms with Crippen molar-refractivity contribution in [3.8, 4) is 0 Å². The van der Waals surface area contributed by atoms with Crippen molar-refractivity contribution in [3.05, 3.63) is 41.7 Å². The zero-order valence-electron chi connectivity index (χ0n) is 11.1. The summed E-state index contributed by atoms with van der Waals surface area (Å²) in [6, 6.07) is 5.75. The fourth-order valence-electron chi connectivity index (χ4n) is 1.78. The van der Waals surface area contributed by atoms with E-state index in [-0.39, 0.29) is 23.4 Å². The third kappa shape index (κ3) is 4.64. The molecule has 2 amide bonds. The normalized spacial score (nSPS) is 14.9. The first-order valence-electron chi connectivity index (χ1n) is 6.35. The molecule has 0 radical (unpaired) electrons. The summed E-state index contributed by atoms with van der Waals surface area (Å²) in [7, 11) is 0. The minimum atomic E-state index is -0.393. The molecule has 21 heavy (non-hydrogen) atoms. The maximum atomic E-state index is 12.7. The van der Waals surface area contributed by atoms with Gasteiger partial charge in [0.25, 0.3) is 0 Å². The van der Waals surface area contributed by atoms with Crippen molar-refractivity contribution in [2.24, 2.45) is 0 Å². The lowest BCUT2D eigenvalue weighted by molar-refractivity contribution is -0.123. The number of halogens is 1. The molecule has 1 aliphatic heterocycles. The first kappa shape index (κ1) is 15.1. The number of piperazine rings is 1. The second-order valence-corrected chi connectivity index (χ2v) is 4.84. The predicted octanol–water partition coefficient (Wildman–Crippen LogP) is 0.672. The van der Waals surface area contributed by atoms with Crippen LogP contribution in [0.2, 0.25) is 0 Å². The molecule has 1 aliphatic rings. The summed E-state index contributed by atoms with van der Waals surface area (Å²) in [5, 5.41) is 5.42. The van der Waals surface area contributed by atoms with Gasteiger partial charge in [-0.05, 0) is 36.0 Å². The lowest BCUT2D eigenvalue weighted by Crippen LogP contribution is -2.53. The van der Waals surface area contributed by atoms with Crippen LogP contribution in [0.3, 0.4) is 0 Å². The highest BCUT2D eigenvalue weighted by Gasteiger charge is 2.19. The summed E-state index contributed by atoms with van der Waals surface area (Å²) in [5.74, 6) is -0.851. The van der Waals surface area contributed by atoms with E-state index < -0.39 is 5.91 Å². The van der Waals surface area contributed by atoms with Gasteiger partial charge in [-0.3, -0.25) is 14.9 Å². The highest BCUT2D eigenvalue weighted by molar-refractivity contribution is 7.80. The Morgan fingerprint density at radius 2 is 2.10 bits per heavy atom. The molecule has 0 saturated carbocycles. The van der Waals surface area contributed by atoms with E-state index in [1.165, 1.54) is 18.2 Å². The van der Waals surface area contributed by atoms with Crippen molar-refractivity contribution in [2.75, 3.05) is 19.6 Å². The summed E-state index contributed by atoms with van der Waals surface area (Å²) in [4.78, 5) is 24.6. The van der Waals surface area contributed by atoms with Crippen LogP contribution in [-0.4, -0.2) is 41.5 Å². The second-order valence-electron chi connectivity index (χ2n) is 4.45. The molecule has 2 N–H and O–H groups in total. The SMILES string of the molecule is O=C(/C=C/c1ccc(F)cc1)NC(=S)N1CCNC(=O)C1. The fraction of sp³-hybridized carbons (Fsp3) is 0.214. The van der Waals surface area contributed by atoms with E-state index in [0.717, 1.165) is 0 Å². The molecule has 0 spiro atoms. The Labute approximate surface area is 126 Å². The van der Waals surface area contributed by atoms with Gasteiger partial charge in [0.1, 0.15) is 5.82 Å². The van der Waals surface area contributed by atoms with E-state index in [0.29, 0.717) is 18.7 Å². The largest absolute Gasteiger partial charge is 0.353 e. The van der Waals surface area contributed by atoms with Gasteiger partial charge in [0.2, 0.25) is 11.8 Å². The van der Waals surface area contributed by atoms with Crippen molar-refractivity contribution >= 4 is 35.2 Å². The van der Waals surface area contributed by atoms with Gasteiger partial charge in [-0.25, -0.2) is 4.39 Å². The third-order valence-electron chi connectivity index (χ3n) is 2.85. The Hall–Kier alpha value is -2.28. The molecule has 1 saturated heterocycles. The van der Waals surface area contributed by atoms with E-state index in [9.17, 15) is 14.0 Å². The number of amides is 2. The number of thiocarbonyl (C=S) groups is 1. The Morgan fingerprint density at radius 3 is 2.76 bits per heavy atom. The molecule has 0 unspecified atom stereocenters. The van der Waals surface area contributed by atoms with Crippen LogP contribution < -0.4 is 10.6 Å². The lowest BCUT2D eigenvalue weighted by atomic mass is 10.2. The van der Waals surface area contributed by atoms with E-state index in [1.54, 1.807) is 23.1 Å². The van der Waals surface area contributed by atoms with E-state index in [4.69, 9.17) is 12.2 Å². The van der Waals surface area contributed by atoms with Gasteiger partial charge in [-0.2, -0.15) is 0 Å². The van der Waals surface area contributed by atoms with Crippen LogP contribution in [-0.2, 0) is 9.59 Å². The van der Waals surface area contributed by atoms with Gasteiger partial charge in [-0.15, -0.1) is 0 Å². The van der Waals surface area contributed by atoms with Crippen molar-refractivity contribution < 1.29 is 14.0 Å². The van der Waals surface area contributed by atoms with Crippen LogP contribution in [0.25, 0.3) is 6.08 Å². The number of rotatable bonds is 2. The first-order valence-corrected chi connectivity index (χ1v) is 6.75. The Bertz CT molecular complexity index is 586. The topological polar surface area (TPSA) is 61.4 Å². The first-order chi connectivity index (χ1) is 10.0. The predicted molar refractivity (Wildman–Crippen MR) is 80.8 cm³/mol. The Morgan fingerprint density at radius 1 is 1.38 bits per heavy atom. The maximum Gasteiger partial charge on any atom is 0.250 e. The second kappa shape index (κ2) is 6.94. The van der Waals surface area contributed by atoms with Crippen molar-refractivity contribution in [1.29, 1.82) is 0 Å². The fourth-order valence-corrected chi connectivity index (χ4v) is 2.04. The minimum Gasteiger partial charge on any atom is -0.353 e. The van der Waals surface area contributed by atoms with Crippen molar-refractivity contribution in [1.82, 2.24) is 15.5 Å². The standard InChI is InChI=1S/C14H14FN3O2S/c15-11-4-1-10(2-5-11)3-6-12(19)17-14(21)18-8-7-16-13(20)9-18/h1-6H,7-9H2,(H,16,20)(H,17,19,21)/b6-3+. The quantitative estimate of drug-likeness (QED) is 0.623. The highest BCUT2D eigenvalue weighted by Crippen LogP contribution is 2.04. The molecule has 1 aromatic carbocycles. The summed E-state index contributed by atoms with van der Waals surface area (Å²) >= 11 is 5.08. The molecule has 1 fully saturated rings. The van der Waals surface area contributed by atoms with Gasteiger partial charge < -0.3 is 10.2 Å². The van der Waals surface area contributed by atoms with Crippen molar-refractivity contribution in [3.63, 3.8) is 0 Å². The van der Waals surface area contributed by atoms with Crippen LogP contribution in [0.4, 0.5) is 4.39 Å².